The fraction of sp³-hybridized carbons (Fsp3) is 0.370. The summed E-state index contributed by atoms with van der Waals surface area (Å²) in [4.78, 5) is 32.0. The molecule has 0 saturated carbocycles. The van der Waals surface area contributed by atoms with Gasteiger partial charge in [-0.15, -0.1) is 0 Å². The van der Waals surface area contributed by atoms with Crippen LogP contribution >= 0.6 is 0 Å². The molecule has 1 aromatic heterocycles. The number of aliphatic hydroxyl groups excluding tert-OH is 1. The average molecular weight is 571 g/mol. The Hall–Kier alpha value is -3.94. The fourth-order valence-corrected chi connectivity index (χ4v) is 5.54. The molecule has 0 spiro atoms. The van der Waals surface area contributed by atoms with Gasteiger partial charge in [0.15, 0.2) is 10.8 Å². The minimum atomic E-state index is -3.93. The number of imidazole rings is 1. The highest BCUT2D eigenvalue weighted by Crippen LogP contribution is 2.35. The van der Waals surface area contributed by atoms with E-state index in [1.165, 1.54) is 19.6 Å². The molecule has 4 rings (SSSR count). The lowest BCUT2D eigenvalue weighted by molar-refractivity contribution is 0.0389. The maximum absolute atomic E-state index is 13.6. The molecule has 12 nitrogen and oxygen atoms in total. The first-order valence-electron chi connectivity index (χ1n) is 12.8. The van der Waals surface area contributed by atoms with Gasteiger partial charge in [0, 0.05) is 38.4 Å². The number of ether oxygens (including phenoxy) is 1. The lowest BCUT2D eigenvalue weighted by Crippen LogP contribution is -2.50. The average Bonchev–Trinajstić information content (AvgIpc) is 3.38. The summed E-state index contributed by atoms with van der Waals surface area (Å²) in [6.45, 7) is 3.48. The van der Waals surface area contributed by atoms with E-state index in [9.17, 15) is 23.1 Å². The van der Waals surface area contributed by atoms with Gasteiger partial charge in [-0.2, -0.15) is 4.31 Å². The number of likely N-dealkylation sites (N-methyl/N-ethyl adjacent to an activating group) is 1. The topological polar surface area (TPSA) is 146 Å². The van der Waals surface area contributed by atoms with Crippen molar-refractivity contribution in [3.8, 4) is 5.75 Å². The third kappa shape index (κ3) is 6.27. The summed E-state index contributed by atoms with van der Waals surface area (Å²) in [6, 6.07) is 12.6. The van der Waals surface area contributed by atoms with Crippen molar-refractivity contribution in [2.24, 2.45) is 13.0 Å². The lowest BCUT2D eigenvalue weighted by Gasteiger charge is -2.38. The van der Waals surface area contributed by atoms with Gasteiger partial charge in [0.1, 0.15) is 6.10 Å². The second-order valence-electron chi connectivity index (χ2n) is 9.91. The molecule has 0 fully saturated rings. The monoisotopic (exact) mass is 570 g/mol. The summed E-state index contributed by atoms with van der Waals surface area (Å²) in [6.07, 6.45) is 2.11. The standard InChI is InChI=1S/C27H34N6O6S/c1-18-13-33(19(2)16-34)26(35)21-11-8-12-22(30-27(36)29-20-9-6-5-7-10-20)25(21)39-23(18)14-32(4)40(37,38)24-15-31(3)17-28-24/h5-12,15,17-19,23,34H,13-14,16H2,1-4H3,(H2,29,30,36)/t18-,19-,23+/m1/s1. The van der Waals surface area contributed by atoms with E-state index in [0.29, 0.717) is 5.69 Å². The van der Waals surface area contributed by atoms with Gasteiger partial charge in [0.05, 0.1) is 36.8 Å². The van der Waals surface area contributed by atoms with E-state index in [1.54, 1.807) is 65.9 Å². The van der Waals surface area contributed by atoms with Crippen LogP contribution in [-0.4, -0.2) is 83.1 Å². The summed E-state index contributed by atoms with van der Waals surface area (Å²) in [5, 5.41) is 15.3. The molecular formula is C27H34N6O6S. The van der Waals surface area contributed by atoms with Crippen LogP contribution in [0.2, 0.25) is 0 Å². The summed E-state index contributed by atoms with van der Waals surface area (Å²) >= 11 is 0. The quantitative estimate of drug-likeness (QED) is 0.377. The number of fused-ring (bicyclic) bond motifs is 1. The molecule has 0 bridgehead atoms. The number of carbonyl (C=O) groups is 2. The molecule has 0 radical (unpaired) electrons. The van der Waals surface area contributed by atoms with Crippen molar-refractivity contribution in [3.05, 3.63) is 66.6 Å². The highest BCUT2D eigenvalue weighted by molar-refractivity contribution is 7.89. The Labute approximate surface area is 233 Å². The molecule has 0 unspecified atom stereocenters. The lowest BCUT2D eigenvalue weighted by atomic mass is 9.99. The Kier molecular flexibility index (Phi) is 8.76. The van der Waals surface area contributed by atoms with Crippen molar-refractivity contribution in [3.63, 3.8) is 0 Å². The van der Waals surface area contributed by atoms with Gasteiger partial charge < -0.3 is 29.9 Å². The Morgan fingerprint density at radius 1 is 1.20 bits per heavy atom. The maximum atomic E-state index is 13.6. The fourth-order valence-electron chi connectivity index (χ4n) is 4.40. The van der Waals surface area contributed by atoms with Crippen LogP contribution in [0.5, 0.6) is 5.75 Å². The van der Waals surface area contributed by atoms with Crippen LogP contribution in [0.1, 0.15) is 24.2 Å². The normalized spacial score (nSPS) is 18.4. The summed E-state index contributed by atoms with van der Waals surface area (Å²) in [5.41, 5.74) is 1.00. The number of anilines is 2. The van der Waals surface area contributed by atoms with Gasteiger partial charge in [-0.05, 0) is 31.2 Å². The van der Waals surface area contributed by atoms with E-state index >= 15 is 0 Å². The van der Waals surface area contributed by atoms with Crippen LogP contribution in [0.4, 0.5) is 16.2 Å². The summed E-state index contributed by atoms with van der Waals surface area (Å²) < 4.78 is 35.5. The van der Waals surface area contributed by atoms with E-state index in [2.05, 4.69) is 15.6 Å². The van der Waals surface area contributed by atoms with Crippen molar-refractivity contribution in [2.75, 3.05) is 37.4 Å². The zero-order valence-electron chi connectivity index (χ0n) is 22.8. The number of hydrogen-bond donors (Lipinski definition) is 3. The van der Waals surface area contributed by atoms with Gasteiger partial charge in [-0.25, -0.2) is 18.2 Å². The largest absolute Gasteiger partial charge is 0.486 e. The Bertz CT molecular complexity index is 1460. The van der Waals surface area contributed by atoms with Crippen LogP contribution in [-0.2, 0) is 17.1 Å². The van der Waals surface area contributed by atoms with E-state index in [-0.39, 0.29) is 53.5 Å². The second kappa shape index (κ2) is 12.1. The number of para-hydroxylation sites is 2. The van der Waals surface area contributed by atoms with Crippen LogP contribution in [0.3, 0.4) is 0 Å². The number of nitrogens with one attached hydrogen (secondary N) is 2. The van der Waals surface area contributed by atoms with Gasteiger partial charge in [0.25, 0.3) is 15.9 Å². The number of nitrogens with zero attached hydrogens (tertiary/aromatic N) is 4. The molecule has 3 atom stereocenters. The number of benzene rings is 2. The molecule has 3 amide bonds. The first-order chi connectivity index (χ1) is 19.0. The molecule has 1 aliphatic heterocycles. The predicted molar refractivity (Wildman–Crippen MR) is 150 cm³/mol. The highest BCUT2D eigenvalue weighted by atomic mass is 32.2. The number of amides is 3. The number of sulfonamides is 1. The van der Waals surface area contributed by atoms with Gasteiger partial charge in [-0.3, -0.25) is 4.79 Å². The van der Waals surface area contributed by atoms with Crippen molar-refractivity contribution in [1.82, 2.24) is 18.8 Å². The SMILES string of the molecule is C[C@@H]1CN([C@H](C)CO)C(=O)c2cccc(NC(=O)Nc3ccccc3)c2O[C@H]1CN(C)S(=O)(=O)c1cn(C)cn1. The van der Waals surface area contributed by atoms with Crippen molar-refractivity contribution in [1.29, 1.82) is 0 Å². The second-order valence-corrected chi connectivity index (χ2v) is 11.9. The van der Waals surface area contributed by atoms with Crippen LogP contribution in [0.25, 0.3) is 0 Å². The number of hydrogen-bond acceptors (Lipinski definition) is 7. The van der Waals surface area contributed by atoms with Crippen LogP contribution in [0, 0.1) is 5.92 Å². The molecule has 13 heteroatoms. The van der Waals surface area contributed by atoms with Gasteiger partial charge in [-0.1, -0.05) is 31.2 Å². The molecule has 214 valence electrons. The first kappa shape index (κ1) is 29.1. The zero-order chi connectivity index (χ0) is 29.0. The van der Waals surface area contributed by atoms with Crippen molar-refractivity contribution in [2.45, 2.75) is 31.0 Å². The molecule has 1 aliphatic rings. The Morgan fingerprint density at radius 2 is 1.93 bits per heavy atom. The van der Waals surface area contributed by atoms with Crippen LogP contribution < -0.4 is 15.4 Å². The predicted octanol–water partition coefficient (Wildman–Crippen LogP) is 2.60. The Morgan fingerprint density at radius 3 is 2.58 bits per heavy atom. The van der Waals surface area contributed by atoms with E-state index in [1.807, 2.05) is 13.0 Å². The molecule has 0 aliphatic carbocycles. The van der Waals surface area contributed by atoms with Gasteiger partial charge in [0.2, 0.25) is 0 Å². The highest BCUT2D eigenvalue weighted by Gasteiger charge is 2.36. The first-order valence-corrected chi connectivity index (χ1v) is 14.2. The molecule has 2 heterocycles. The number of aliphatic hydroxyl groups is 1. The maximum Gasteiger partial charge on any atom is 0.323 e. The number of aryl methyl sites for hydroxylation is 1. The number of rotatable bonds is 8. The molecule has 2 aromatic carbocycles. The van der Waals surface area contributed by atoms with E-state index in [4.69, 9.17) is 4.74 Å². The number of urea groups is 1. The Balaban J connectivity index is 1.69. The van der Waals surface area contributed by atoms with Crippen LogP contribution in [0.15, 0.2) is 66.1 Å². The third-order valence-corrected chi connectivity index (χ3v) is 8.47. The number of carbonyl (C=O) groups excluding carboxylic acids is 2. The third-order valence-electron chi connectivity index (χ3n) is 6.76. The molecule has 40 heavy (non-hydrogen) atoms. The van der Waals surface area contributed by atoms with E-state index in [0.717, 1.165) is 4.31 Å². The molecule has 0 saturated heterocycles. The summed E-state index contributed by atoms with van der Waals surface area (Å²) in [5.74, 6) is -0.604. The minimum Gasteiger partial charge on any atom is -0.486 e. The molecule has 3 aromatic rings. The minimum absolute atomic E-state index is 0.0560. The zero-order valence-corrected chi connectivity index (χ0v) is 23.6. The van der Waals surface area contributed by atoms with Crippen molar-refractivity contribution >= 4 is 33.3 Å². The number of aromatic nitrogens is 2. The van der Waals surface area contributed by atoms with Gasteiger partial charge >= 0.3 is 6.03 Å². The summed E-state index contributed by atoms with van der Waals surface area (Å²) in [7, 11) is -0.806. The smallest absolute Gasteiger partial charge is 0.323 e. The van der Waals surface area contributed by atoms with E-state index < -0.39 is 28.2 Å². The molecular weight excluding hydrogens is 536 g/mol. The molecule has 3 N–H and O–H groups in total. The van der Waals surface area contributed by atoms with Crippen molar-refractivity contribution < 1.29 is 27.9 Å².